The Hall–Kier alpha value is 0.242. The van der Waals surface area contributed by atoms with Gasteiger partial charge in [-0.05, 0) is 0 Å². The van der Waals surface area contributed by atoms with Crippen LogP contribution >= 0.6 is 10.5 Å². The summed E-state index contributed by atoms with van der Waals surface area (Å²) >= 11 is 0.0865. The first kappa shape index (κ1) is 19.3. The van der Waals surface area contributed by atoms with Crippen LogP contribution in [0.1, 0.15) is 89.9 Å². The van der Waals surface area contributed by atoms with Gasteiger partial charge < -0.3 is 0 Å². The molecule has 21 heavy (non-hydrogen) atoms. The summed E-state index contributed by atoms with van der Waals surface area (Å²) in [7, 11) is 5.03. The van der Waals surface area contributed by atoms with Crippen LogP contribution in [0.5, 0.6) is 0 Å². The summed E-state index contributed by atoms with van der Waals surface area (Å²) in [5, 5.41) is 9.97. The van der Waals surface area contributed by atoms with Crippen LogP contribution in [0, 0.1) is 23.2 Å². The molecule has 0 aromatic carbocycles. The van der Waals surface area contributed by atoms with Crippen molar-refractivity contribution >= 4 is 24.1 Å². The maximum absolute atomic E-state index is 8.98. The Morgan fingerprint density at radius 3 is 2.19 bits per heavy atom. The first-order chi connectivity index (χ1) is 10.4. The Morgan fingerprint density at radius 1 is 0.952 bits per heavy atom. The summed E-state index contributed by atoms with van der Waals surface area (Å²) in [5.74, 6) is 1.32. The van der Waals surface area contributed by atoms with Crippen LogP contribution in [0.25, 0.3) is 0 Å². The summed E-state index contributed by atoms with van der Waals surface area (Å²) < 4.78 is 0. The Labute approximate surface area is 142 Å². The van der Waals surface area contributed by atoms with E-state index < -0.39 is 0 Å². The summed E-state index contributed by atoms with van der Waals surface area (Å²) in [4.78, 5) is 0. The number of unbranched alkanes of at least 4 members (excludes halogenated alkanes) is 6. The average Bonchev–Trinajstić information content (AvgIpc) is 2.53. The standard InChI is InChI=1S/C18H32N.Al.S/c1-17(16-19)12-8-5-3-2-4-6-9-13-18-14-10-7-11-15-18;;/h17-18H,1-15H2;;. The topological polar surface area (TPSA) is 23.8 Å². The summed E-state index contributed by atoms with van der Waals surface area (Å²) in [5.41, 5.74) is 0. The van der Waals surface area contributed by atoms with Gasteiger partial charge in [-0.25, -0.2) is 0 Å². The third-order valence-corrected chi connectivity index (χ3v) is 6.29. The van der Waals surface area contributed by atoms with Gasteiger partial charge in [0.15, 0.2) is 0 Å². The average molecular weight is 322 g/mol. The first-order valence-corrected chi connectivity index (χ1v) is 11.9. The van der Waals surface area contributed by atoms with Gasteiger partial charge >= 0.3 is 110 Å². The molecule has 1 aliphatic rings. The van der Waals surface area contributed by atoms with Crippen LogP contribution < -0.4 is 0 Å². The van der Waals surface area contributed by atoms with Gasteiger partial charge in [-0.3, -0.25) is 0 Å². The van der Waals surface area contributed by atoms with Gasteiger partial charge in [-0.2, -0.15) is 0 Å². The predicted molar refractivity (Wildman–Crippen MR) is 95.4 cm³/mol. The van der Waals surface area contributed by atoms with Gasteiger partial charge in [0.2, 0.25) is 0 Å². The molecule has 0 spiro atoms. The van der Waals surface area contributed by atoms with Crippen molar-refractivity contribution in [2.45, 2.75) is 95.2 Å². The minimum absolute atomic E-state index is 0.0865. The molecule has 1 fully saturated rings. The third kappa shape index (κ3) is 10.6. The molecule has 1 aliphatic carbocycles. The van der Waals surface area contributed by atoms with E-state index in [-0.39, 0.29) is 19.5 Å². The van der Waals surface area contributed by atoms with E-state index in [1.165, 1.54) is 83.5 Å². The zero-order valence-electron chi connectivity index (χ0n) is 13.7. The van der Waals surface area contributed by atoms with Crippen molar-refractivity contribution < 1.29 is 0 Å². The zero-order valence-corrected chi connectivity index (χ0v) is 15.7. The molecular weight excluding hydrogens is 289 g/mol. The normalized spacial score (nSPS) is 17.1. The van der Waals surface area contributed by atoms with E-state index in [9.17, 15) is 0 Å². The van der Waals surface area contributed by atoms with Crippen LogP contribution in [0.2, 0.25) is 5.28 Å². The minimum atomic E-state index is 0.0865. The third-order valence-electron chi connectivity index (χ3n) is 4.95. The van der Waals surface area contributed by atoms with E-state index in [1.807, 2.05) is 0 Å². The van der Waals surface area contributed by atoms with Gasteiger partial charge in [0.1, 0.15) is 0 Å². The van der Waals surface area contributed by atoms with E-state index in [0.29, 0.717) is 0 Å². The fourth-order valence-electron chi connectivity index (χ4n) is 3.53. The zero-order chi connectivity index (χ0) is 15.2. The fourth-order valence-corrected chi connectivity index (χ4v) is 4.81. The first-order valence-electron chi connectivity index (χ1n) is 9.20. The quantitative estimate of drug-likeness (QED) is 0.304. The molecular formula is C18H32AlNS. The molecule has 3 heteroatoms. The molecule has 1 rings (SSSR count). The number of nitrogens with zero attached hydrogens (tertiary/aromatic N) is 1. The summed E-state index contributed by atoms with van der Waals surface area (Å²) in [6.45, 7) is 0. The van der Waals surface area contributed by atoms with Crippen molar-refractivity contribution in [3.63, 3.8) is 0 Å². The number of rotatable bonds is 12. The van der Waals surface area contributed by atoms with Gasteiger partial charge in [-0.15, -0.1) is 0 Å². The van der Waals surface area contributed by atoms with Gasteiger partial charge in [0.25, 0.3) is 0 Å². The number of nitriles is 1. The van der Waals surface area contributed by atoms with Crippen LogP contribution in [-0.4, -0.2) is 13.6 Å². The Bertz CT molecular complexity index is 294. The molecule has 0 heterocycles. The van der Waals surface area contributed by atoms with E-state index in [4.69, 9.17) is 15.8 Å². The van der Waals surface area contributed by atoms with Crippen molar-refractivity contribution in [2.24, 2.45) is 11.8 Å². The van der Waals surface area contributed by atoms with Crippen LogP contribution in [-0.2, 0) is 0 Å². The number of hydrogen-bond donors (Lipinski definition) is 0. The molecule has 0 aliphatic heterocycles. The fraction of sp³-hybridized carbons (Fsp3) is 0.944. The molecule has 0 aromatic heterocycles. The molecule has 1 atom stereocenters. The van der Waals surface area contributed by atoms with E-state index in [2.05, 4.69) is 6.07 Å². The molecule has 1 unspecified atom stereocenters. The van der Waals surface area contributed by atoms with E-state index in [0.717, 1.165) is 17.6 Å². The monoisotopic (exact) mass is 321 g/mol. The molecule has 0 radical (unpaired) electrons. The van der Waals surface area contributed by atoms with Crippen molar-refractivity contribution in [1.82, 2.24) is 0 Å². The molecule has 1 nitrogen and oxygen atoms in total. The van der Waals surface area contributed by atoms with Crippen molar-refractivity contribution in [3.8, 4) is 6.07 Å². The van der Waals surface area contributed by atoms with Crippen molar-refractivity contribution in [2.75, 3.05) is 0 Å². The predicted octanol–water partition coefficient (Wildman–Crippen LogP) is 6.45. The van der Waals surface area contributed by atoms with Gasteiger partial charge in [0, 0.05) is 0 Å². The van der Waals surface area contributed by atoms with Gasteiger partial charge in [0.05, 0.1) is 0 Å². The van der Waals surface area contributed by atoms with Crippen LogP contribution in [0.3, 0.4) is 0 Å². The SMILES string of the molecule is N#CC(CCCCCCCCCC1CCCCC1)[CH2][Al]=[S]. The van der Waals surface area contributed by atoms with Gasteiger partial charge in [-0.1, -0.05) is 32.1 Å². The second kappa shape index (κ2) is 13.9. The molecule has 0 bridgehead atoms. The van der Waals surface area contributed by atoms with Crippen LogP contribution in [0.4, 0.5) is 0 Å². The second-order valence-corrected chi connectivity index (χ2v) is 8.59. The number of hydrogen-bond acceptors (Lipinski definition) is 2. The van der Waals surface area contributed by atoms with Crippen molar-refractivity contribution in [3.05, 3.63) is 0 Å². The summed E-state index contributed by atoms with van der Waals surface area (Å²) in [6, 6.07) is 2.41. The van der Waals surface area contributed by atoms with Crippen molar-refractivity contribution in [1.29, 1.82) is 5.26 Å². The van der Waals surface area contributed by atoms with Crippen LogP contribution in [0.15, 0.2) is 0 Å². The Morgan fingerprint density at radius 2 is 1.57 bits per heavy atom. The van der Waals surface area contributed by atoms with E-state index >= 15 is 0 Å². The second-order valence-electron chi connectivity index (χ2n) is 6.78. The molecule has 0 aromatic rings. The Kier molecular flexibility index (Phi) is 12.7. The Balaban J connectivity index is 1.82. The molecule has 0 amide bonds. The molecule has 0 saturated heterocycles. The van der Waals surface area contributed by atoms with E-state index in [1.54, 1.807) is 0 Å². The summed E-state index contributed by atoms with van der Waals surface area (Å²) in [6.07, 6.45) is 19.7. The molecule has 118 valence electrons. The maximum atomic E-state index is 8.98. The molecule has 0 N–H and O–H groups in total. The molecule has 1 saturated carbocycles.